The number of non-ortho nitro benzene ring substituents is 1. The molecule has 1 N–H and O–H groups in total. The molecule has 0 aliphatic carbocycles. The number of nitro groups is 1. The van der Waals surface area contributed by atoms with Crippen molar-refractivity contribution in [3.05, 3.63) is 46.0 Å². The second-order valence-electron chi connectivity index (χ2n) is 5.34. The lowest BCUT2D eigenvalue weighted by Crippen LogP contribution is -2.41. The maximum atomic E-state index is 12.1. The Morgan fingerprint density at radius 1 is 1.15 bits per heavy atom. The van der Waals surface area contributed by atoms with Crippen molar-refractivity contribution in [1.82, 2.24) is 5.32 Å². The summed E-state index contributed by atoms with van der Waals surface area (Å²) in [6, 6.07) is 4.64. The van der Waals surface area contributed by atoms with Crippen LogP contribution in [-0.4, -0.2) is 42.0 Å². The van der Waals surface area contributed by atoms with Gasteiger partial charge >= 0.3 is 11.9 Å². The standard InChI is InChI=1S/C18H22N2O7/c1-3-26-17(22)12-10-15(18(23)27-4-2)19-16(21)11-7-13-5-8-14(9-6-13)20(24)25/h5-9,11,15H,3-4,10,12H2,1-2H3,(H,19,21)/b11-7-/t15-/m1/s1. The summed E-state index contributed by atoms with van der Waals surface area (Å²) in [5.41, 5.74) is 0.521. The highest BCUT2D eigenvalue weighted by atomic mass is 16.6. The fourth-order valence-electron chi connectivity index (χ4n) is 2.09. The maximum Gasteiger partial charge on any atom is 0.328 e. The lowest BCUT2D eigenvalue weighted by Gasteiger charge is -2.15. The van der Waals surface area contributed by atoms with E-state index in [-0.39, 0.29) is 31.7 Å². The highest BCUT2D eigenvalue weighted by molar-refractivity contribution is 5.94. The van der Waals surface area contributed by atoms with Gasteiger partial charge in [0, 0.05) is 24.6 Å². The van der Waals surface area contributed by atoms with Crippen LogP contribution in [0.4, 0.5) is 5.69 Å². The van der Waals surface area contributed by atoms with Crippen LogP contribution in [0.2, 0.25) is 0 Å². The number of carbonyl (C=O) groups is 3. The number of hydrogen-bond acceptors (Lipinski definition) is 7. The van der Waals surface area contributed by atoms with E-state index < -0.39 is 28.8 Å². The van der Waals surface area contributed by atoms with Crippen molar-refractivity contribution in [2.45, 2.75) is 32.7 Å². The van der Waals surface area contributed by atoms with E-state index in [1.165, 1.54) is 36.4 Å². The molecule has 1 aromatic rings. The zero-order chi connectivity index (χ0) is 20.2. The van der Waals surface area contributed by atoms with Gasteiger partial charge in [0.25, 0.3) is 5.69 Å². The predicted molar refractivity (Wildman–Crippen MR) is 96.6 cm³/mol. The second-order valence-corrected chi connectivity index (χ2v) is 5.34. The zero-order valence-corrected chi connectivity index (χ0v) is 15.2. The van der Waals surface area contributed by atoms with Gasteiger partial charge in [-0.15, -0.1) is 0 Å². The van der Waals surface area contributed by atoms with E-state index >= 15 is 0 Å². The number of nitrogens with one attached hydrogen (secondary N) is 1. The van der Waals surface area contributed by atoms with E-state index in [1.54, 1.807) is 13.8 Å². The number of hydrogen-bond donors (Lipinski definition) is 1. The topological polar surface area (TPSA) is 125 Å². The van der Waals surface area contributed by atoms with Crippen molar-refractivity contribution in [2.75, 3.05) is 13.2 Å². The minimum absolute atomic E-state index is 0.0380. The summed E-state index contributed by atoms with van der Waals surface area (Å²) < 4.78 is 9.70. The monoisotopic (exact) mass is 378 g/mol. The first-order valence-electron chi connectivity index (χ1n) is 8.42. The lowest BCUT2D eigenvalue weighted by atomic mass is 10.1. The molecule has 146 valence electrons. The molecule has 27 heavy (non-hydrogen) atoms. The molecular formula is C18H22N2O7. The molecule has 0 saturated carbocycles. The third-order valence-corrected chi connectivity index (χ3v) is 3.36. The molecule has 0 radical (unpaired) electrons. The highest BCUT2D eigenvalue weighted by Gasteiger charge is 2.22. The summed E-state index contributed by atoms with van der Waals surface area (Å²) in [6.07, 6.45) is 2.66. The van der Waals surface area contributed by atoms with Crippen molar-refractivity contribution >= 4 is 29.6 Å². The van der Waals surface area contributed by atoms with Crippen molar-refractivity contribution in [3.63, 3.8) is 0 Å². The molecule has 0 saturated heterocycles. The molecule has 9 nitrogen and oxygen atoms in total. The number of carbonyl (C=O) groups excluding carboxylic acids is 3. The van der Waals surface area contributed by atoms with Gasteiger partial charge < -0.3 is 14.8 Å². The van der Waals surface area contributed by atoms with Gasteiger partial charge in [0.2, 0.25) is 5.91 Å². The third kappa shape index (κ3) is 8.13. The summed E-state index contributed by atoms with van der Waals surface area (Å²) in [6.45, 7) is 3.68. The Hall–Kier alpha value is -3.23. The number of ether oxygens (including phenoxy) is 2. The number of amides is 1. The number of rotatable bonds is 10. The van der Waals surface area contributed by atoms with Gasteiger partial charge in [-0.05, 0) is 44.0 Å². The van der Waals surface area contributed by atoms with Crippen molar-refractivity contribution in [1.29, 1.82) is 0 Å². The van der Waals surface area contributed by atoms with E-state index in [0.717, 1.165) is 0 Å². The van der Waals surface area contributed by atoms with Crippen LogP contribution >= 0.6 is 0 Å². The minimum atomic E-state index is -0.983. The fourth-order valence-corrected chi connectivity index (χ4v) is 2.09. The second kappa shape index (κ2) is 11.4. The molecule has 0 fully saturated rings. The van der Waals surface area contributed by atoms with E-state index in [0.29, 0.717) is 5.56 Å². The van der Waals surface area contributed by atoms with E-state index in [1.807, 2.05) is 0 Å². The summed E-state index contributed by atoms with van der Waals surface area (Å²) in [5.74, 6) is -1.67. The van der Waals surface area contributed by atoms with Crippen LogP contribution in [0.1, 0.15) is 32.3 Å². The average Bonchev–Trinajstić information content (AvgIpc) is 2.64. The van der Waals surface area contributed by atoms with E-state index in [9.17, 15) is 24.5 Å². The molecule has 0 spiro atoms. The number of esters is 2. The number of benzene rings is 1. The maximum absolute atomic E-state index is 12.1. The van der Waals surface area contributed by atoms with Crippen molar-refractivity contribution in [2.24, 2.45) is 0 Å². The average molecular weight is 378 g/mol. The smallest absolute Gasteiger partial charge is 0.328 e. The van der Waals surface area contributed by atoms with E-state index in [2.05, 4.69) is 5.32 Å². The summed E-state index contributed by atoms with van der Waals surface area (Å²) in [7, 11) is 0. The van der Waals surface area contributed by atoms with Gasteiger partial charge in [-0.3, -0.25) is 19.7 Å². The number of nitro benzene ring substituents is 1. The molecule has 0 unspecified atom stereocenters. The Morgan fingerprint density at radius 3 is 2.33 bits per heavy atom. The Bertz CT molecular complexity index is 698. The molecule has 1 rings (SSSR count). The molecule has 9 heteroatoms. The number of nitrogens with zero attached hydrogens (tertiary/aromatic N) is 1. The predicted octanol–water partition coefficient (Wildman–Crippen LogP) is 2.00. The first-order valence-corrected chi connectivity index (χ1v) is 8.42. The third-order valence-electron chi connectivity index (χ3n) is 3.36. The normalized spacial score (nSPS) is 11.6. The molecule has 0 aliphatic heterocycles. The molecule has 1 amide bonds. The summed E-state index contributed by atoms with van der Waals surface area (Å²) in [5, 5.41) is 13.1. The Kier molecular flexibility index (Phi) is 9.21. The van der Waals surface area contributed by atoms with Crippen LogP contribution < -0.4 is 5.32 Å². The molecule has 0 aromatic heterocycles. The Balaban J connectivity index is 2.69. The molecule has 0 aliphatic rings. The molecular weight excluding hydrogens is 356 g/mol. The molecule has 1 atom stereocenters. The van der Waals surface area contributed by atoms with Gasteiger partial charge in [0.1, 0.15) is 6.04 Å². The van der Waals surface area contributed by atoms with Gasteiger partial charge in [0.15, 0.2) is 0 Å². The molecule has 0 bridgehead atoms. The lowest BCUT2D eigenvalue weighted by molar-refractivity contribution is -0.384. The van der Waals surface area contributed by atoms with Crippen LogP contribution in [0.25, 0.3) is 6.08 Å². The Labute approximate surface area is 156 Å². The van der Waals surface area contributed by atoms with Crippen LogP contribution in [0.5, 0.6) is 0 Å². The van der Waals surface area contributed by atoms with Crippen LogP contribution in [-0.2, 0) is 23.9 Å². The van der Waals surface area contributed by atoms with Crippen molar-refractivity contribution in [3.8, 4) is 0 Å². The van der Waals surface area contributed by atoms with Crippen LogP contribution in [0, 0.1) is 10.1 Å². The van der Waals surface area contributed by atoms with Gasteiger partial charge in [-0.1, -0.05) is 0 Å². The molecule has 1 aromatic carbocycles. The highest BCUT2D eigenvalue weighted by Crippen LogP contribution is 2.12. The van der Waals surface area contributed by atoms with E-state index in [4.69, 9.17) is 9.47 Å². The summed E-state index contributed by atoms with van der Waals surface area (Å²) in [4.78, 5) is 45.5. The fraction of sp³-hybridized carbons (Fsp3) is 0.389. The van der Waals surface area contributed by atoms with Gasteiger partial charge in [-0.25, -0.2) is 4.79 Å². The van der Waals surface area contributed by atoms with Crippen LogP contribution in [0.3, 0.4) is 0 Å². The quantitative estimate of drug-likeness (QED) is 0.286. The Morgan fingerprint density at radius 2 is 1.78 bits per heavy atom. The first kappa shape index (κ1) is 21.8. The van der Waals surface area contributed by atoms with Gasteiger partial charge in [0.05, 0.1) is 18.1 Å². The van der Waals surface area contributed by atoms with Gasteiger partial charge in [-0.2, -0.15) is 0 Å². The van der Waals surface area contributed by atoms with Crippen molar-refractivity contribution < 1.29 is 28.8 Å². The SMILES string of the molecule is CCOC(=O)CC[C@@H](NC(=O)/C=C\c1ccc([N+](=O)[O-])cc1)C(=O)OCC. The largest absolute Gasteiger partial charge is 0.466 e. The van der Waals surface area contributed by atoms with Crippen LogP contribution in [0.15, 0.2) is 30.3 Å². The summed E-state index contributed by atoms with van der Waals surface area (Å²) >= 11 is 0. The zero-order valence-electron chi connectivity index (χ0n) is 15.2. The first-order chi connectivity index (χ1) is 12.9. The molecule has 0 heterocycles. The minimum Gasteiger partial charge on any atom is -0.466 e.